The topological polar surface area (TPSA) is 67.4 Å². The van der Waals surface area contributed by atoms with Crippen LogP contribution in [0.4, 0.5) is 0 Å². The second-order valence-corrected chi connectivity index (χ2v) is 8.19. The molecule has 1 aromatic carbocycles. The van der Waals surface area contributed by atoms with Gasteiger partial charge in [0.1, 0.15) is 5.01 Å². The van der Waals surface area contributed by atoms with E-state index in [0.717, 1.165) is 23.5 Å². The molecule has 0 bridgehead atoms. The zero-order chi connectivity index (χ0) is 19.0. The maximum absolute atomic E-state index is 11.8. The van der Waals surface area contributed by atoms with E-state index in [4.69, 9.17) is 21.6 Å². The Morgan fingerprint density at radius 3 is 2.96 bits per heavy atom. The predicted molar refractivity (Wildman–Crippen MR) is 106 cm³/mol. The summed E-state index contributed by atoms with van der Waals surface area (Å²) in [6, 6.07) is 8.26. The number of benzene rings is 1. The van der Waals surface area contributed by atoms with Gasteiger partial charge in [-0.05, 0) is 44.7 Å². The molecule has 1 atom stereocenters. The highest BCUT2D eigenvalue weighted by Crippen LogP contribution is 2.29. The van der Waals surface area contributed by atoms with Crippen LogP contribution in [0, 0.1) is 4.84 Å². The number of carbonyl (C=O) groups excluding carboxylic acids is 1. The van der Waals surface area contributed by atoms with Gasteiger partial charge in [-0.15, -0.1) is 16.4 Å². The summed E-state index contributed by atoms with van der Waals surface area (Å²) >= 11 is 7.01. The molecule has 1 amide bonds. The summed E-state index contributed by atoms with van der Waals surface area (Å²) in [5, 5.41) is 5.51. The quantitative estimate of drug-likeness (QED) is 0.586. The highest BCUT2D eigenvalue weighted by molar-refractivity contribution is 7.71. The summed E-state index contributed by atoms with van der Waals surface area (Å²) in [4.78, 5) is 20.7. The van der Waals surface area contributed by atoms with Gasteiger partial charge in [0.05, 0.1) is 29.5 Å². The van der Waals surface area contributed by atoms with E-state index in [0.29, 0.717) is 30.4 Å². The molecule has 0 unspecified atom stereocenters. The lowest BCUT2D eigenvalue weighted by Crippen LogP contribution is -2.26. The lowest BCUT2D eigenvalue weighted by atomic mass is 10.3. The lowest BCUT2D eigenvalue weighted by molar-refractivity contribution is -0.128. The summed E-state index contributed by atoms with van der Waals surface area (Å²) < 4.78 is 8.44. The zero-order valence-corrected chi connectivity index (χ0v) is 16.9. The molecule has 2 aromatic heterocycles. The molecule has 4 rings (SSSR count). The second kappa shape index (κ2) is 7.49. The molecular formula is C18H21N5O2S2. The van der Waals surface area contributed by atoms with Crippen molar-refractivity contribution >= 4 is 39.7 Å². The Morgan fingerprint density at radius 2 is 2.22 bits per heavy atom. The van der Waals surface area contributed by atoms with Crippen LogP contribution in [-0.4, -0.2) is 44.1 Å². The largest absolute Gasteiger partial charge is 0.412 e. The minimum atomic E-state index is 0.115. The monoisotopic (exact) mass is 403 g/mol. The first-order chi connectivity index (χ1) is 13.0. The van der Waals surface area contributed by atoms with Crippen molar-refractivity contribution in [3.63, 3.8) is 0 Å². The molecule has 142 valence electrons. The SMILES string of the molecule is C[C@@H](c1nc2ccccc2s1)N(C)Cn1nc(CN2CCCC2=O)oc1=S. The van der Waals surface area contributed by atoms with Crippen molar-refractivity contribution in [1.29, 1.82) is 0 Å². The van der Waals surface area contributed by atoms with Crippen molar-refractivity contribution in [2.24, 2.45) is 0 Å². The van der Waals surface area contributed by atoms with Crippen LogP contribution in [0.1, 0.15) is 36.7 Å². The lowest BCUT2D eigenvalue weighted by Gasteiger charge is -2.22. The van der Waals surface area contributed by atoms with E-state index in [2.05, 4.69) is 23.0 Å². The Hall–Kier alpha value is -2.10. The molecule has 3 heterocycles. The van der Waals surface area contributed by atoms with Crippen LogP contribution in [-0.2, 0) is 18.0 Å². The minimum absolute atomic E-state index is 0.115. The molecule has 0 saturated carbocycles. The number of likely N-dealkylation sites (tertiary alicyclic amines) is 1. The molecule has 0 radical (unpaired) electrons. The number of hydrogen-bond acceptors (Lipinski definition) is 7. The molecule has 0 spiro atoms. The normalized spacial score (nSPS) is 16.0. The summed E-state index contributed by atoms with van der Waals surface area (Å²) in [6.07, 6.45) is 1.49. The van der Waals surface area contributed by atoms with Gasteiger partial charge in [-0.2, -0.15) is 0 Å². The van der Waals surface area contributed by atoms with Crippen LogP contribution in [0.3, 0.4) is 0 Å². The number of para-hydroxylation sites is 1. The van der Waals surface area contributed by atoms with E-state index in [1.54, 1.807) is 20.9 Å². The fourth-order valence-corrected chi connectivity index (χ4v) is 4.41. The van der Waals surface area contributed by atoms with Gasteiger partial charge in [-0.1, -0.05) is 12.1 Å². The minimum Gasteiger partial charge on any atom is -0.412 e. The van der Waals surface area contributed by atoms with Crippen molar-refractivity contribution < 1.29 is 9.21 Å². The van der Waals surface area contributed by atoms with Crippen molar-refractivity contribution in [1.82, 2.24) is 24.6 Å². The number of carbonyl (C=O) groups is 1. The van der Waals surface area contributed by atoms with Gasteiger partial charge in [0, 0.05) is 13.0 Å². The van der Waals surface area contributed by atoms with Crippen LogP contribution in [0.2, 0.25) is 0 Å². The van der Waals surface area contributed by atoms with E-state index in [9.17, 15) is 4.79 Å². The number of nitrogens with zero attached hydrogens (tertiary/aromatic N) is 5. The number of aromatic nitrogens is 3. The molecule has 9 heteroatoms. The van der Waals surface area contributed by atoms with E-state index >= 15 is 0 Å². The van der Waals surface area contributed by atoms with Gasteiger partial charge >= 0.3 is 0 Å². The summed E-state index contributed by atoms with van der Waals surface area (Å²) in [5.41, 5.74) is 1.02. The first-order valence-electron chi connectivity index (χ1n) is 8.91. The first kappa shape index (κ1) is 18.3. The third-order valence-electron chi connectivity index (χ3n) is 4.83. The third-order valence-corrected chi connectivity index (χ3v) is 6.33. The molecule has 3 aromatic rings. The van der Waals surface area contributed by atoms with E-state index in [1.165, 1.54) is 4.70 Å². The van der Waals surface area contributed by atoms with Crippen molar-refractivity contribution in [3.8, 4) is 0 Å². The van der Waals surface area contributed by atoms with Gasteiger partial charge in [0.2, 0.25) is 11.8 Å². The Morgan fingerprint density at radius 1 is 1.41 bits per heavy atom. The zero-order valence-electron chi connectivity index (χ0n) is 15.3. The molecule has 1 fully saturated rings. The van der Waals surface area contributed by atoms with Gasteiger partial charge in [0.15, 0.2) is 0 Å². The van der Waals surface area contributed by atoms with Crippen molar-refractivity contribution in [2.75, 3.05) is 13.6 Å². The van der Waals surface area contributed by atoms with E-state index < -0.39 is 0 Å². The van der Waals surface area contributed by atoms with Crippen molar-refractivity contribution in [3.05, 3.63) is 40.0 Å². The number of hydrogen-bond donors (Lipinski definition) is 0. The van der Waals surface area contributed by atoms with Crippen molar-refractivity contribution in [2.45, 2.75) is 39.0 Å². The van der Waals surface area contributed by atoms with Crippen LogP contribution in [0.5, 0.6) is 0 Å². The highest BCUT2D eigenvalue weighted by atomic mass is 32.1. The molecule has 27 heavy (non-hydrogen) atoms. The molecule has 1 aliphatic heterocycles. The standard InChI is InChI=1S/C18H21N5O2S2/c1-12(17-19-13-6-3-4-7-14(13)27-17)21(2)11-23-18(26)25-15(20-23)10-22-9-5-8-16(22)24/h3-4,6-7,12H,5,8-11H2,1-2H3/t12-/m0/s1. The fourth-order valence-electron chi connectivity index (χ4n) is 3.13. The Balaban J connectivity index is 1.46. The van der Waals surface area contributed by atoms with Gasteiger partial charge < -0.3 is 9.32 Å². The first-order valence-corrected chi connectivity index (χ1v) is 10.1. The highest BCUT2D eigenvalue weighted by Gasteiger charge is 2.23. The average molecular weight is 404 g/mol. The Kier molecular flexibility index (Phi) is 5.07. The van der Waals surface area contributed by atoms with Gasteiger partial charge in [0.25, 0.3) is 4.84 Å². The smallest absolute Gasteiger partial charge is 0.288 e. The molecule has 0 N–H and O–H groups in total. The third kappa shape index (κ3) is 3.80. The van der Waals surface area contributed by atoms with Gasteiger partial charge in [-0.25, -0.2) is 9.67 Å². The second-order valence-electron chi connectivity index (χ2n) is 6.77. The molecule has 0 aliphatic carbocycles. The molecule has 7 nitrogen and oxygen atoms in total. The Bertz CT molecular complexity index is 991. The summed E-state index contributed by atoms with van der Waals surface area (Å²) in [7, 11) is 2.01. The summed E-state index contributed by atoms with van der Waals surface area (Å²) in [5.74, 6) is 0.628. The summed E-state index contributed by atoms with van der Waals surface area (Å²) in [6.45, 7) is 3.74. The van der Waals surface area contributed by atoms with Crippen LogP contribution < -0.4 is 0 Å². The van der Waals surface area contributed by atoms with E-state index in [1.807, 2.05) is 25.2 Å². The molecule has 1 saturated heterocycles. The number of fused-ring (bicyclic) bond motifs is 1. The number of rotatable bonds is 6. The van der Waals surface area contributed by atoms with Gasteiger partial charge in [-0.3, -0.25) is 9.69 Å². The van der Waals surface area contributed by atoms with Crippen LogP contribution >= 0.6 is 23.6 Å². The van der Waals surface area contributed by atoms with Crippen LogP contribution in [0.15, 0.2) is 28.7 Å². The number of amides is 1. The predicted octanol–water partition coefficient (Wildman–Crippen LogP) is 3.59. The Labute approximate surface area is 166 Å². The van der Waals surface area contributed by atoms with E-state index in [-0.39, 0.29) is 11.9 Å². The molecule has 1 aliphatic rings. The average Bonchev–Trinajstić information content (AvgIpc) is 3.34. The number of thiazole rings is 1. The maximum Gasteiger partial charge on any atom is 0.288 e. The molecular weight excluding hydrogens is 382 g/mol. The maximum atomic E-state index is 11.8. The fraction of sp³-hybridized carbons (Fsp3) is 0.444. The van der Waals surface area contributed by atoms with Crippen LogP contribution in [0.25, 0.3) is 10.2 Å².